The van der Waals surface area contributed by atoms with Gasteiger partial charge in [-0.1, -0.05) is 136 Å². The molecular formula is C54H96. The summed E-state index contributed by atoms with van der Waals surface area (Å²) in [5.41, 5.74) is 1.21. The maximum absolute atomic E-state index is 4.18. The summed E-state index contributed by atoms with van der Waals surface area (Å²) in [6.45, 7) is 43.8. The van der Waals surface area contributed by atoms with Gasteiger partial charge in [-0.05, 0) is 168 Å². The highest BCUT2D eigenvalue weighted by Gasteiger charge is 2.52. The number of hydrogen-bond donors (Lipinski definition) is 0. The molecule has 0 amide bonds. The Balaban J connectivity index is 0. The molecule has 0 heteroatoms. The number of hydrogen-bond acceptors (Lipinski definition) is 0. The van der Waals surface area contributed by atoms with Crippen LogP contribution in [0.4, 0.5) is 0 Å². The molecule has 1 rings (SSSR count). The molecule has 1 aliphatic carbocycles. The van der Waals surface area contributed by atoms with Crippen molar-refractivity contribution in [1.29, 1.82) is 0 Å². The van der Waals surface area contributed by atoms with Crippen LogP contribution in [0.5, 0.6) is 0 Å². The predicted molar refractivity (Wildman–Crippen MR) is 252 cm³/mol. The van der Waals surface area contributed by atoms with Gasteiger partial charge in [0.25, 0.3) is 0 Å². The van der Waals surface area contributed by atoms with Crippen LogP contribution in [-0.2, 0) is 0 Å². The number of rotatable bonds is 28. The van der Waals surface area contributed by atoms with Gasteiger partial charge < -0.3 is 0 Å². The molecule has 1 fully saturated rings. The van der Waals surface area contributed by atoms with Gasteiger partial charge in [-0.2, -0.15) is 0 Å². The van der Waals surface area contributed by atoms with Gasteiger partial charge in [-0.25, -0.2) is 0 Å². The van der Waals surface area contributed by atoms with E-state index in [4.69, 9.17) is 0 Å². The van der Waals surface area contributed by atoms with Crippen LogP contribution < -0.4 is 0 Å². The first-order valence-corrected chi connectivity index (χ1v) is 22.6. The first-order valence-electron chi connectivity index (χ1n) is 22.6. The van der Waals surface area contributed by atoms with Crippen molar-refractivity contribution in [3.8, 4) is 0 Å². The molecule has 0 radical (unpaired) electrons. The van der Waals surface area contributed by atoms with Gasteiger partial charge >= 0.3 is 0 Å². The lowest BCUT2D eigenvalue weighted by Crippen LogP contribution is -2.47. The molecule has 0 aromatic carbocycles. The molecule has 6 unspecified atom stereocenters. The van der Waals surface area contributed by atoms with Crippen LogP contribution in [0.2, 0.25) is 0 Å². The van der Waals surface area contributed by atoms with Crippen LogP contribution >= 0.6 is 0 Å². The smallest absolute Gasteiger partial charge is 0.0206 e. The predicted octanol–water partition coefficient (Wildman–Crippen LogP) is 18.6. The summed E-state index contributed by atoms with van der Waals surface area (Å²) < 4.78 is 0. The van der Waals surface area contributed by atoms with Gasteiger partial charge in [0.2, 0.25) is 0 Å². The van der Waals surface area contributed by atoms with Gasteiger partial charge in [0, 0.05) is 0 Å². The second-order valence-corrected chi connectivity index (χ2v) is 18.9. The fraction of sp³-hybridized carbons (Fsp3) is 0.704. The maximum Gasteiger partial charge on any atom is -0.0206 e. The highest BCUT2D eigenvalue weighted by Crippen LogP contribution is 2.62. The molecular weight excluding hydrogens is 649 g/mol. The summed E-state index contributed by atoms with van der Waals surface area (Å²) in [6.07, 6.45) is 49.5. The van der Waals surface area contributed by atoms with E-state index in [1.807, 2.05) is 24.3 Å². The molecule has 0 heterocycles. The molecule has 0 aliphatic heterocycles. The average Bonchev–Trinajstić information content (AvgIpc) is 3.14. The maximum atomic E-state index is 4.18. The van der Waals surface area contributed by atoms with Gasteiger partial charge in [-0.3, -0.25) is 0 Å². The van der Waals surface area contributed by atoms with E-state index in [1.54, 1.807) is 0 Å². The molecule has 312 valence electrons. The highest BCUT2D eigenvalue weighted by atomic mass is 14.6. The minimum absolute atomic E-state index is 0.306. The summed E-state index contributed by atoms with van der Waals surface area (Å²) in [4.78, 5) is 0. The van der Waals surface area contributed by atoms with Gasteiger partial charge in [0.1, 0.15) is 0 Å². The molecule has 0 saturated heterocycles. The van der Waals surface area contributed by atoms with Gasteiger partial charge in [-0.15, -0.1) is 39.5 Å². The third kappa shape index (κ3) is 27.5. The molecule has 0 N–H and O–H groups in total. The molecule has 0 nitrogen and oxygen atoms in total. The Bertz CT molecular complexity index is 1010. The van der Waals surface area contributed by atoms with Crippen LogP contribution in [0.15, 0.2) is 100 Å². The van der Waals surface area contributed by atoms with Crippen molar-refractivity contribution in [2.45, 2.75) is 197 Å². The van der Waals surface area contributed by atoms with Crippen LogP contribution in [0, 0.1) is 45.8 Å². The highest BCUT2D eigenvalue weighted by molar-refractivity contribution is 5.03. The van der Waals surface area contributed by atoms with E-state index in [1.165, 1.54) is 116 Å². The third-order valence-corrected chi connectivity index (χ3v) is 11.9. The first-order chi connectivity index (χ1) is 25.6. The standard InChI is InChI=1S/C43H74.C6H12.C5H10/c1-9-13-16-18-20-22-23-28-39(6)31-35-43(36-40(7)27-15-11-3)33-26-25-32-42(43,34-30-38(5)12-4)37-41(8)29-24-21-19-17-14-10-2;1-5-6(2,3)4;1-4-5(2)3/h9-12,21-24,38-41H,1-4,13-20,25-37H2,5-8H3;5H,1H2,2-4H3;4-5H,1H2,2-3H3. The van der Waals surface area contributed by atoms with Crippen molar-refractivity contribution in [1.82, 2.24) is 0 Å². The van der Waals surface area contributed by atoms with Crippen LogP contribution in [0.25, 0.3) is 0 Å². The van der Waals surface area contributed by atoms with Crippen molar-refractivity contribution < 1.29 is 0 Å². The number of allylic oxidation sites excluding steroid dienone is 10. The largest absolute Gasteiger partial charge is 0.103 e. The van der Waals surface area contributed by atoms with Crippen molar-refractivity contribution in [3.63, 3.8) is 0 Å². The van der Waals surface area contributed by atoms with E-state index in [0.717, 1.165) is 37.0 Å². The SMILES string of the molecule is C=CC(C)(C)C.C=CC(C)C.C=CCCCC=CCC(C)CC1(CCC(C)C=C)CCCCC1(CCC(C)CC=CCCCCC=C)CC(C)CCC=C. The topological polar surface area (TPSA) is 0 Å². The van der Waals surface area contributed by atoms with E-state index < -0.39 is 0 Å². The van der Waals surface area contributed by atoms with E-state index in [2.05, 4.69) is 138 Å². The lowest BCUT2D eigenvalue weighted by Gasteiger charge is -2.57. The molecule has 0 bridgehead atoms. The molecule has 54 heavy (non-hydrogen) atoms. The van der Waals surface area contributed by atoms with E-state index in [-0.39, 0.29) is 0 Å². The summed E-state index contributed by atoms with van der Waals surface area (Å²) in [5, 5.41) is 0. The second kappa shape index (κ2) is 33.1. The van der Waals surface area contributed by atoms with Gasteiger partial charge in [0.05, 0.1) is 0 Å². The molecule has 1 saturated carbocycles. The summed E-state index contributed by atoms with van der Waals surface area (Å²) >= 11 is 0. The van der Waals surface area contributed by atoms with Crippen molar-refractivity contribution >= 4 is 0 Å². The van der Waals surface area contributed by atoms with Crippen molar-refractivity contribution in [2.24, 2.45) is 45.8 Å². The molecule has 0 aromatic rings. The Morgan fingerprint density at radius 3 is 1.44 bits per heavy atom. The quantitative estimate of drug-likeness (QED) is 0.0553. The monoisotopic (exact) mass is 745 g/mol. The van der Waals surface area contributed by atoms with Crippen molar-refractivity contribution in [3.05, 3.63) is 100 Å². The lowest BCUT2D eigenvalue weighted by atomic mass is 9.47. The van der Waals surface area contributed by atoms with Crippen molar-refractivity contribution in [2.75, 3.05) is 0 Å². The second-order valence-electron chi connectivity index (χ2n) is 18.9. The van der Waals surface area contributed by atoms with E-state index >= 15 is 0 Å². The Kier molecular flexibility index (Phi) is 33.1. The molecule has 0 aromatic heterocycles. The Labute approximate surface area is 342 Å². The Morgan fingerprint density at radius 2 is 0.963 bits per heavy atom. The lowest BCUT2D eigenvalue weighted by molar-refractivity contribution is -0.0699. The summed E-state index contributed by atoms with van der Waals surface area (Å²) in [5.74, 6) is 3.50. The van der Waals surface area contributed by atoms with E-state index in [9.17, 15) is 0 Å². The fourth-order valence-electron chi connectivity index (χ4n) is 8.09. The van der Waals surface area contributed by atoms with Gasteiger partial charge in [0.15, 0.2) is 0 Å². The molecule has 6 atom stereocenters. The van der Waals surface area contributed by atoms with Crippen LogP contribution in [-0.4, -0.2) is 0 Å². The van der Waals surface area contributed by atoms with Crippen LogP contribution in [0.1, 0.15) is 197 Å². The third-order valence-electron chi connectivity index (χ3n) is 11.9. The zero-order chi connectivity index (χ0) is 41.3. The first kappa shape index (κ1) is 54.0. The Hall–Kier alpha value is -2.08. The minimum atomic E-state index is 0.306. The normalized spacial score (nSPS) is 20.9. The molecule has 1 aliphatic rings. The zero-order valence-electron chi connectivity index (χ0n) is 38.3. The summed E-state index contributed by atoms with van der Waals surface area (Å²) in [6, 6.07) is 0. The number of unbranched alkanes of at least 4 members (excludes halogenated alkanes) is 5. The zero-order valence-corrected chi connectivity index (χ0v) is 38.3. The Morgan fingerprint density at radius 1 is 0.519 bits per heavy atom. The minimum Gasteiger partial charge on any atom is -0.103 e. The average molecular weight is 745 g/mol. The fourth-order valence-corrected chi connectivity index (χ4v) is 8.09. The van der Waals surface area contributed by atoms with E-state index in [0.29, 0.717) is 28.1 Å². The molecule has 0 spiro atoms. The summed E-state index contributed by atoms with van der Waals surface area (Å²) in [7, 11) is 0. The van der Waals surface area contributed by atoms with Crippen LogP contribution in [0.3, 0.4) is 0 Å².